The topological polar surface area (TPSA) is 110 Å². The molecule has 3 aromatic rings. The van der Waals surface area contributed by atoms with E-state index >= 15 is 0 Å². The molecule has 0 fully saturated rings. The number of sulfonamides is 1. The third-order valence-electron chi connectivity index (χ3n) is 4.69. The van der Waals surface area contributed by atoms with E-state index in [-0.39, 0.29) is 21.3 Å². The van der Waals surface area contributed by atoms with Gasteiger partial charge in [-0.25, -0.2) is 13.1 Å². The van der Waals surface area contributed by atoms with E-state index in [0.717, 1.165) is 22.5 Å². The number of carbonyl (C=O) groups is 1. The van der Waals surface area contributed by atoms with Crippen molar-refractivity contribution in [3.05, 3.63) is 65.2 Å². The molecule has 1 amide bonds. The highest BCUT2D eigenvalue weighted by Crippen LogP contribution is 2.27. The second-order valence-electron chi connectivity index (χ2n) is 7.77. The Labute approximate surface area is 192 Å². The van der Waals surface area contributed by atoms with E-state index in [0.29, 0.717) is 17.7 Å². The summed E-state index contributed by atoms with van der Waals surface area (Å²) in [5.74, 6) is 0.565. The summed E-state index contributed by atoms with van der Waals surface area (Å²) in [6, 6.07) is 13.8. The lowest BCUT2D eigenvalue weighted by atomic mass is 9.98. The van der Waals surface area contributed by atoms with Gasteiger partial charge in [0, 0.05) is 11.6 Å². The summed E-state index contributed by atoms with van der Waals surface area (Å²) in [7, 11) is -2.36. The maximum absolute atomic E-state index is 13.0. The van der Waals surface area contributed by atoms with Crippen molar-refractivity contribution >= 4 is 32.4 Å². The molecule has 10 heteroatoms. The Hall–Kier alpha value is -2.82. The molecule has 1 atom stereocenters. The number of methoxy groups -OCH3 is 1. The van der Waals surface area contributed by atoms with Crippen molar-refractivity contribution in [2.75, 3.05) is 12.4 Å². The molecule has 0 spiro atoms. The first-order valence-electron chi connectivity index (χ1n) is 10.1. The van der Waals surface area contributed by atoms with Crippen LogP contribution in [-0.2, 0) is 10.0 Å². The van der Waals surface area contributed by atoms with Crippen molar-refractivity contribution in [1.82, 2.24) is 14.9 Å². The van der Waals surface area contributed by atoms with E-state index < -0.39 is 16.1 Å². The fourth-order valence-electron chi connectivity index (χ4n) is 3.04. The number of ether oxygens (including phenoxy) is 1. The zero-order valence-corrected chi connectivity index (χ0v) is 20.0. The minimum absolute atomic E-state index is 0.112. The van der Waals surface area contributed by atoms with Gasteiger partial charge in [0.05, 0.1) is 7.11 Å². The van der Waals surface area contributed by atoms with Crippen LogP contribution in [0.3, 0.4) is 0 Å². The summed E-state index contributed by atoms with van der Waals surface area (Å²) in [5, 5.41) is 10.3. The number of amides is 1. The maximum atomic E-state index is 13.0. The molecule has 0 radical (unpaired) electrons. The van der Waals surface area contributed by atoms with Crippen molar-refractivity contribution < 1.29 is 17.9 Å². The minimum Gasteiger partial charge on any atom is -0.497 e. The molecule has 2 N–H and O–H groups in total. The van der Waals surface area contributed by atoms with Crippen LogP contribution in [0, 0.1) is 12.8 Å². The first-order valence-corrected chi connectivity index (χ1v) is 12.4. The van der Waals surface area contributed by atoms with Crippen LogP contribution in [0.25, 0.3) is 0 Å². The number of carbonyl (C=O) groups excluding carboxylic acids is 1. The third kappa shape index (κ3) is 6.12. The number of aromatic nitrogens is 2. The SMILES string of the molecule is COc1ccc([C@@H](CC(C)C)NS(=O)(=O)c2nnc(NC(=O)c3ccc(C)cc3)s2)cc1. The van der Waals surface area contributed by atoms with Gasteiger partial charge in [-0.3, -0.25) is 10.1 Å². The highest BCUT2D eigenvalue weighted by atomic mass is 32.2. The summed E-state index contributed by atoms with van der Waals surface area (Å²) in [4.78, 5) is 12.4. The highest BCUT2D eigenvalue weighted by molar-refractivity contribution is 7.91. The Balaban J connectivity index is 1.76. The summed E-state index contributed by atoms with van der Waals surface area (Å²) >= 11 is 0.803. The quantitative estimate of drug-likeness (QED) is 0.450. The first-order chi connectivity index (χ1) is 15.2. The van der Waals surface area contributed by atoms with Gasteiger partial charge in [-0.2, -0.15) is 0 Å². The van der Waals surface area contributed by atoms with Crippen molar-refractivity contribution in [1.29, 1.82) is 0 Å². The lowest BCUT2D eigenvalue weighted by Gasteiger charge is -2.20. The lowest BCUT2D eigenvalue weighted by Crippen LogP contribution is -2.29. The van der Waals surface area contributed by atoms with Gasteiger partial charge in [-0.1, -0.05) is 55.0 Å². The summed E-state index contributed by atoms with van der Waals surface area (Å²) in [6.07, 6.45) is 0.599. The van der Waals surface area contributed by atoms with Crippen LogP contribution in [0.5, 0.6) is 5.75 Å². The van der Waals surface area contributed by atoms with Crippen molar-refractivity contribution in [2.24, 2.45) is 5.92 Å². The molecule has 0 aliphatic heterocycles. The minimum atomic E-state index is -3.94. The normalized spacial score (nSPS) is 12.5. The molecule has 1 aromatic heterocycles. The smallest absolute Gasteiger partial charge is 0.270 e. The van der Waals surface area contributed by atoms with Gasteiger partial charge in [0.2, 0.25) is 9.47 Å². The number of rotatable bonds is 9. The summed E-state index contributed by atoms with van der Waals surface area (Å²) < 4.78 is 33.7. The number of hydrogen-bond acceptors (Lipinski definition) is 7. The van der Waals surface area contributed by atoms with E-state index in [2.05, 4.69) is 20.2 Å². The molecule has 0 saturated carbocycles. The molecule has 8 nitrogen and oxygen atoms in total. The number of nitrogens with zero attached hydrogens (tertiary/aromatic N) is 2. The number of nitrogens with one attached hydrogen (secondary N) is 2. The molecule has 0 bridgehead atoms. The maximum Gasteiger partial charge on any atom is 0.270 e. The van der Waals surface area contributed by atoms with E-state index in [1.165, 1.54) is 0 Å². The average molecular weight is 475 g/mol. The van der Waals surface area contributed by atoms with Gasteiger partial charge in [0.1, 0.15) is 5.75 Å². The Morgan fingerprint density at radius 3 is 2.31 bits per heavy atom. The molecule has 0 aliphatic rings. The van der Waals surface area contributed by atoms with Crippen LogP contribution in [0.4, 0.5) is 5.13 Å². The van der Waals surface area contributed by atoms with Crippen LogP contribution >= 0.6 is 11.3 Å². The molecule has 2 aromatic carbocycles. The van der Waals surface area contributed by atoms with E-state index in [9.17, 15) is 13.2 Å². The monoisotopic (exact) mass is 474 g/mol. The van der Waals surface area contributed by atoms with Crippen LogP contribution in [0.15, 0.2) is 52.9 Å². The van der Waals surface area contributed by atoms with Gasteiger partial charge >= 0.3 is 0 Å². The van der Waals surface area contributed by atoms with Crippen molar-refractivity contribution in [3.63, 3.8) is 0 Å². The van der Waals surface area contributed by atoms with Crippen LogP contribution < -0.4 is 14.8 Å². The average Bonchev–Trinajstić information content (AvgIpc) is 3.23. The first kappa shape index (κ1) is 23.8. The fourth-order valence-corrected chi connectivity index (χ4v) is 5.19. The Bertz CT molecular complexity index is 1160. The molecular formula is C22H26N4O4S2. The molecule has 32 heavy (non-hydrogen) atoms. The predicted octanol–water partition coefficient (Wildman–Crippen LogP) is 4.17. The van der Waals surface area contributed by atoms with Gasteiger partial charge in [-0.05, 0) is 49.1 Å². The third-order valence-corrected chi connectivity index (χ3v) is 7.37. The summed E-state index contributed by atoms with van der Waals surface area (Å²) in [6.45, 7) is 5.97. The number of anilines is 1. The Morgan fingerprint density at radius 2 is 1.72 bits per heavy atom. The van der Waals surface area contributed by atoms with Gasteiger partial charge in [-0.15, -0.1) is 10.2 Å². The fraction of sp³-hybridized carbons (Fsp3) is 0.318. The zero-order chi connectivity index (χ0) is 23.3. The zero-order valence-electron chi connectivity index (χ0n) is 18.3. The molecule has 1 heterocycles. The highest BCUT2D eigenvalue weighted by Gasteiger charge is 2.26. The van der Waals surface area contributed by atoms with Gasteiger partial charge in [0.25, 0.3) is 15.9 Å². The Morgan fingerprint density at radius 1 is 1.06 bits per heavy atom. The molecule has 3 rings (SSSR count). The van der Waals surface area contributed by atoms with E-state index in [1.54, 1.807) is 31.4 Å². The van der Waals surface area contributed by atoms with Crippen LogP contribution in [-0.4, -0.2) is 31.6 Å². The Kier molecular flexibility index (Phi) is 7.60. The van der Waals surface area contributed by atoms with Crippen LogP contribution in [0.2, 0.25) is 0 Å². The van der Waals surface area contributed by atoms with Crippen LogP contribution in [0.1, 0.15) is 47.8 Å². The summed E-state index contributed by atoms with van der Waals surface area (Å²) in [5.41, 5.74) is 2.30. The van der Waals surface area contributed by atoms with E-state index in [4.69, 9.17) is 4.74 Å². The molecule has 0 saturated heterocycles. The standard InChI is InChI=1S/C22H26N4O4S2/c1-14(2)13-19(16-9-11-18(30-4)12-10-16)26-32(28,29)22-25-24-21(31-22)23-20(27)17-7-5-15(3)6-8-17/h5-12,14,19,26H,13H2,1-4H3,(H,23,24,27)/t19-/m1/s1. The number of aryl methyl sites for hydroxylation is 1. The number of benzene rings is 2. The molecule has 0 aliphatic carbocycles. The number of hydrogen-bond donors (Lipinski definition) is 2. The predicted molar refractivity (Wildman–Crippen MR) is 125 cm³/mol. The molecule has 0 unspecified atom stereocenters. The van der Waals surface area contributed by atoms with E-state index in [1.807, 2.05) is 45.0 Å². The van der Waals surface area contributed by atoms with Crippen molar-refractivity contribution in [2.45, 2.75) is 37.6 Å². The second-order valence-corrected chi connectivity index (χ2v) is 10.6. The second kappa shape index (κ2) is 10.2. The largest absolute Gasteiger partial charge is 0.497 e. The van der Waals surface area contributed by atoms with Gasteiger partial charge in [0.15, 0.2) is 0 Å². The van der Waals surface area contributed by atoms with Gasteiger partial charge < -0.3 is 4.74 Å². The molecular weight excluding hydrogens is 448 g/mol. The molecule has 170 valence electrons. The lowest BCUT2D eigenvalue weighted by molar-refractivity contribution is 0.102. The van der Waals surface area contributed by atoms with Crippen molar-refractivity contribution in [3.8, 4) is 5.75 Å².